The molecule has 0 radical (unpaired) electrons. The first-order valence-electron chi connectivity index (χ1n) is 8.34. The molecule has 0 aliphatic rings. The van der Waals surface area contributed by atoms with E-state index in [1.165, 1.54) is 34.8 Å². The number of rotatable bonds is 7. The van der Waals surface area contributed by atoms with E-state index in [2.05, 4.69) is 9.97 Å². The largest absolute Gasteiger partial charge is 0.383 e. The minimum atomic E-state index is -0.635. The Hall–Kier alpha value is -2.28. The Bertz CT molecular complexity index is 1150. The molecule has 0 bridgehead atoms. The lowest BCUT2D eigenvalue weighted by atomic mass is 10.3. The molecule has 0 aliphatic heterocycles. The number of para-hydroxylation sites is 2. The predicted octanol–water partition coefficient (Wildman–Crippen LogP) is 5.77. The maximum absolute atomic E-state index is 13.6. The number of carbonyl (C=O) groups is 2. The predicted molar refractivity (Wildman–Crippen MR) is 112 cm³/mol. The fourth-order valence-electron chi connectivity index (χ4n) is 2.31. The van der Waals surface area contributed by atoms with Gasteiger partial charge in [0.2, 0.25) is 0 Å². The molecule has 154 valence electrons. The summed E-state index contributed by atoms with van der Waals surface area (Å²) < 4.78 is 39.3. The lowest BCUT2D eigenvalue weighted by molar-refractivity contribution is -0.139. The molecule has 0 saturated carbocycles. The lowest BCUT2D eigenvalue weighted by Crippen LogP contribution is -2.05. The van der Waals surface area contributed by atoms with Gasteiger partial charge < -0.3 is 8.37 Å². The highest BCUT2D eigenvalue weighted by Gasteiger charge is 2.15. The first-order chi connectivity index (χ1) is 14.5. The molecule has 4 rings (SSSR count). The summed E-state index contributed by atoms with van der Waals surface area (Å²) in [6.07, 6.45) is -0.389. The molecule has 0 N–H and O–H groups in total. The lowest BCUT2D eigenvalue weighted by Gasteiger charge is -2.01. The molecule has 0 saturated heterocycles. The van der Waals surface area contributed by atoms with Crippen LogP contribution < -0.4 is 0 Å². The van der Waals surface area contributed by atoms with Crippen molar-refractivity contribution in [1.82, 2.24) is 9.97 Å². The van der Waals surface area contributed by atoms with E-state index in [1.54, 1.807) is 24.3 Å². The molecule has 2 heterocycles. The summed E-state index contributed by atoms with van der Waals surface area (Å²) in [5.41, 5.74) is 0.438. The second-order valence-electron chi connectivity index (χ2n) is 5.71. The Labute approximate surface area is 185 Å². The second kappa shape index (κ2) is 9.25. The average Bonchev–Trinajstić information content (AvgIpc) is 3.34. The van der Waals surface area contributed by atoms with Crippen molar-refractivity contribution in [3.63, 3.8) is 0 Å². The monoisotopic (exact) mass is 484 g/mol. The van der Waals surface area contributed by atoms with Gasteiger partial charge in [-0.25, -0.2) is 18.7 Å². The summed E-state index contributed by atoms with van der Waals surface area (Å²) in [6.45, 7) is 0. The number of benzene rings is 2. The Morgan fingerprint density at radius 3 is 1.63 bits per heavy atom. The van der Waals surface area contributed by atoms with Gasteiger partial charge in [-0.3, -0.25) is 9.59 Å². The van der Waals surface area contributed by atoms with Crippen LogP contribution in [0.25, 0.3) is 20.4 Å². The molecule has 0 fully saturated rings. The number of hydrogen-bond acceptors (Lipinski definition) is 10. The number of fused-ring (bicyclic) bond motifs is 2. The van der Waals surface area contributed by atoms with Crippen molar-refractivity contribution < 1.29 is 26.7 Å². The van der Waals surface area contributed by atoms with Gasteiger partial charge in [0.25, 0.3) is 0 Å². The van der Waals surface area contributed by atoms with E-state index in [0.29, 0.717) is 18.1 Å². The third kappa shape index (κ3) is 4.89. The molecular weight excluding hydrogens is 474 g/mol. The molecule has 0 unspecified atom stereocenters. The quantitative estimate of drug-likeness (QED) is 0.306. The standard InChI is InChI=1S/C18H10F2N2O4S4/c19-9-3-1-5-11-15(9)21-17(27-11)29-25-13(23)7-8-14(24)26-30-18-22-16-10(20)4-2-6-12(16)28-18/h1-6H,7-8H2. The van der Waals surface area contributed by atoms with Crippen LogP contribution in [0.1, 0.15) is 12.8 Å². The molecule has 12 heteroatoms. The van der Waals surface area contributed by atoms with Gasteiger partial charge in [-0.2, -0.15) is 0 Å². The molecule has 2 aromatic heterocycles. The normalized spacial score (nSPS) is 11.1. The van der Waals surface area contributed by atoms with Crippen molar-refractivity contribution in [2.75, 3.05) is 0 Å². The minimum absolute atomic E-state index is 0.194. The molecule has 4 aromatic rings. The summed E-state index contributed by atoms with van der Waals surface area (Å²) in [6, 6.07) is 9.19. The van der Waals surface area contributed by atoms with E-state index >= 15 is 0 Å². The molecule has 0 spiro atoms. The number of halogens is 2. The van der Waals surface area contributed by atoms with Gasteiger partial charge in [0.15, 0.2) is 8.68 Å². The van der Waals surface area contributed by atoms with Gasteiger partial charge in [-0.1, -0.05) is 12.1 Å². The maximum Gasteiger partial charge on any atom is 0.318 e. The minimum Gasteiger partial charge on any atom is -0.383 e. The Morgan fingerprint density at radius 2 is 1.23 bits per heavy atom. The summed E-state index contributed by atoms with van der Waals surface area (Å²) in [4.78, 5) is 31.8. The maximum atomic E-state index is 13.6. The van der Waals surface area contributed by atoms with Gasteiger partial charge in [-0.05, 0) is 24.3 Å². The topological polar surface area (TPSA) is 78.4 Å². The highest BCUT2D eigenvalue weighted by molar-refractivity contribution is 7.97. The van der Waals surface area contributed by atoms with Crippen LogP contribution in [-0.2, 0) is 18.0 Å². The van der Waals surface area contributed by atoms with E-state index in [4.69, 9.17) is 8.37 Å². The fourth-order valence-corrected chi connectivity index (χ4v) is 5.50. The van der Waals surface area contributed by atoms with Crippen molar-refractivity contribution in [2.45, 2.75) is 21.5 Å². The third-order valence-corrected chi connectivity index (χ3v) is 7.19. The van der Waals surface area contributed by atoms with E-state index in [0.717, 1.165) is 24.1 Å². The summed E-state index contributed by atoms with van der Waals surface area (Å²) in [5, 5.41) is 0. The van der Waals surface area contributed by atoms with E-state index < -0.39 is 23.6 Å². The zero-order chi connectivity index (χ0) is 21.1. The van der Waals surface area contributed by atoms with Crippen LogP contribution in [0.5, 0.6) is 0 Å². The highest BCUT2D eigenvalue weighted by atomic mass is 32.2. The smallest absolute Gasteiger partial charge is 0.318 e. The first-order valence-corrected chi connectivity index (χ1v) is 11.5. The zero-order valence-electron chi connectivity index (χ0n) is 14.8. The molecule has 6 nitrogen and oxygen atoms in total. The van der Waals surface area contributed by atoms with E-state index in [1.807, 2.05) is 0 Å². The van der Waals surface area contributed by atoms with Crippen LogP contribution in [-0.4, -0.2) is 21.9 Å². The summed E-state index contributed by atoms with van der Waals surface area (Å²) in [5.74, 6) is -2.16. The molecule has 2 aromatic carbocycles. The van der Waals surface area contributed by atoms with Crippen molar-refractivity contribution in [3.8, 4) is 0 Å². The van der Waals surface area contributed by atoms with Crippen LogP contribution >= 0.6 is 46.8 Å². The first kappa shape index (κ1) is 21.0. The Morgan fingerprint density at radius 1 is 0.800 bits per heavy atom. The second-order valence-corrected chi connectivity index (χ2v) is 9.73. The van der Waals surface area contributed by atoms with Gasteiger partial charge >= 0.3 is 11.9 Å². The van der Waals surface area contributed by atoms with Gasteiger partial charge in [0.1, 0.15) is 46.8 Å². The number of carbonyl (C=O) groups excluding carboxylic acids is 2. The van der Waals surface area contributed by atoms with Crippen LogP contribution in [0.2, 0.25) is 0 Å². The summed E-state index contributed by atoms with van der Waals surface area (Å²) >= 11 is 3.82. The SMILES string of the molecule is O=C(CCC(=O)OSc1nc2c(F)cccc2s1)OSc1nc2c(F)cccc2s1. The van der Waals surface area contributed by atoms with Crippen LogP contribution in [0, 0.1) is 11.6 Å². The molecule has 0 atom stereocenters. The van der Waals surface area contributed by atoms with Crippen LogP contribution in [0.15, 0.2) is 45.1 Å². The number of nitrogens with zero attached hydrogens (tertiary/aromatic N) is 2. The highest BCUT2D eigenvalue weighted by Crippen LogP contribution is 2.32. The van der Waals surface area contributed by atoms with Crippen molar-refractivity contribution in [2.24, 2.45) is 0 Å². The number of aromatic nitrogens is 2. The van der Waals surface area contributed by atoms with Gasteiger partial charge in [0, 0.05) is 0 Å². The Kier molecular flexibility index (Phi) is 6.46. The van der Waals surface area contributed by atoms with Crippen molar-refractivity contribution in [3.05, 3.63) is 48.0 Å². The van der Waals surface area contributed by atoms with Crippen LogP contribution in [0.4, 0.5) is 8.78 Å². The summed E-state index contributed by atoms with van der Waals surface area (Å²) in [7, 11) is 0. The number of thiazole rings is 2. The van der Waals surface area contributed by atoms with E-state index in [9.17, 15) is 18.4 Å². The number of hydrogen-bond donors (Lipinski definition) is 0. The fraction of sp³-hybridized carbons (Fsp3) is 0.111. The third-order valence-electron chi connectivity index (χ3n) is 3.65. The zero-order valence-corrected chi connectivity index (χ0v) is 18.1. The van der Waals surface area contributed by atoms with Crippen molar-refractivity contribution in [1.29, 1.82) is 0 Å². The van der Waals surface area contributed by atoms with Gasteiger partial charge in [0.05, 0.1) is 22.2 Å². The average molecular weight is 485 g/mol. The van der Waals surface area contributed by atoms with Crippen LogP contribution in [0.3, 0.4) is 0 Å². The molecule has 30 heavy (non-hydrogen) atoms. The Balaban J connectivity index is 1.22. The molecular formula is C18H10F2N2O4S4. The van der Waals surface area contributed by atoms with E-state index in [-0.39, 0.29) is 23.9 Å². The molecule has 0 aliphatic carbocycles. The van der Waals surface area contributed by atoms with Crippen molar-refractivity contribution >= 4 is 79.1 Å². The van der Waals surface area contributed by atoms with Gasteiger partial charge in [-0.15, -0.1) is 22.7 Å². The molecule has 0 amide bonds.